The number of benzene rings is 2. The van der Waals surface area contributed by atoms with Crippen molar-refractivity contribution >= 4 is 40.7 Å². The molecule has 0 saturated carbocycles. The van der Waals surface area contributed by atoms with Crippen molar-refractivity contribution < 1.29 is 27.8 Å². The summed E-state index contributed by atoms with van der Waals surface area (Å²) in [4.78, 5) is 3.12. The molecule has 4 rings (SSSR count). The Hall–Kier alpha value is -1.76. The van der Waals surface area contributed by atoms with Crippen LogP contribution in [0.5, 0.6) is 0 Å². The van der Waals surface area contributed by atoms with Crippen LogP contribution >= 0.6 is 35.0 Å². The number of thiophene rings is 1. The zero-order valence-electron chi connectivity index (χ0n) is 20.2. The number of nitrogens with zero attached hydrogens (tertiary/aromatic N) is 2. The molecule has 36 heavy (non-hydrogen) atoms. The number of piperazine rings is 1. The molecule has 1 aromatic heterocycles. The Balaban J connectivity index is 0.000000347. The summed E-state index contributed by atoms with van der Waals surface area (Å²) in [5.74, 6) is -0.165. The average molecular weight is 563 g/mol. The fourth-order valence-corrected chi connectivity index (χ4v) is 5.52. The highest BCUT2D eigenvalue weighted by Crippen LogP contribution is 2.39. The van der Waals surface area contributed by atoms with Crippen molar-refractivity contribution in [1.82, 2.24) is 4.31 Å². The molecule has 0 amide bonds. The first-order chi connectivity index (χ1) is 17.1. The van der Waals surface area contributed by atoms with E-state index in [1.54, 1.807) is 53.2 Å². The summed E-state index contributed by atoms with van der Waals surface area (Å²) in [5.41, 5.74) is -2.10. The maximum atomic E-state index is 12.9. The molecular weight excluding hydrogens is 532 g/mol. The van der Waals surface area contributed by atoms with Crippen LogP contribution in [0.25, 0.3) is 0 Å². The molecule has 1 saturated heterocycles. The van der Waals surface area contributed by atoms with Crippen LogP contribution in [-0.4, -0.2) is 60.2 Å². The molecule has 1 unspecified atom stereocenters. The van der Waals surface area contributed by atoms with Crippen molar-refractivity contribution in [2.75, 3.05) is 44.4 Å². The predicted molar refractivity (Wildman–Crippen MR) is 142 cm³/mol. The van der Waals surface area contributed by atoms with Crippen molar-refractivity contribution in [3.05, 3.63) is 77.4 Å². The molecule has 198 valence electrons. The monoisotopic (exact) mass is 562 g/mol. The van der Waals surface area contributed by atoms with Crippen LogP contribution in [0.1, 0.15) is 12.5 Å². The number of thioether (sulfide) groups is 1. The van der Waals surface area contributed by atoms with Gasteiger partial charge in [0, 0.05) is 43.9 Å². The lowest BCUT2D eigenvalue weighted by Gasteiger charge is -2.35. The highest BCUT2D eigenvalue weighted by atomic mass is 32.2. The first-order valence-electron chi connectivity index (χ1n) is 11.0. The molecule has 2 N–H and O–H groups in total. The lowest BCUT2D eigenvalue weighted by molar-refractivity contribution is -0.258. The first kappa shape index (κ1) is 30.5. The SMILES string of the molecule is CC(O)(c1ccc(N2CCN(Sc3cccs3)CC2)cc1)C(F)(F)F.CO.CSc1cccc(F)c1. The van der Waals surface area contributed by atoms with Gasteiger partial charge in [-0.05, 0) is 72.5 Å². The zero-order chi connectivity index (χ0) is 26.8. The van der Waals surface area contributed by atoms with Crippen LogP contribution in [0.15, 0.2) is 75.1 Å². The second-order valence-corrected chi connectivity index (χ2v) is 10.9. The number of halogens is 4. The van der Waals surface area contributed by atoms with E-state index in [0.717, 1.165) is 50.8 Å². The maximum absolute atomic E-state index is 12.9. The van der Waals surface area contributed by atoms with Gasteiger partial charge in [-0.2, -0.15) is 13.2 Å². The molecule has 1 aliphatic rings. The highest BCUT2D eigenvalue weighted by Gasteiger charge is 2.51. The van der Waals surface area contributed by atoms with E-state index >= 15 is 0 Å². The minimum absolute atomic E-state index is 0.143. The lowest BCUT2D eigenvalue weighted by atomic mass is 9.95. The van der Waals surface area contributed by atoms with Gasteiger partial charge in [0.2, 0.25) is 0 Å². The van der Waals surface area contributed by atoms with Crippen molar-refractivity contribution in [1.29, 1.82) is 0 Å². The molecule has 2 heterocycles. The van der Waals surface area contributed by atoms with E-state index in [0.29, 0.717) is 0 Å². The van der Waals surface area contributed by atoms with Gasteiger partial charge in [0.1, 0.15) is 5.82 Å². The number of aliphatic hydroxyl groups is 2. The standard InChI is InChI=1S/C17H19F3N2OS2.C7H7FS.CH4O/c1-16(23,17(18,19)20)13-4-6-14(7-5-13)21-8-10-22(11-9-21)25-15-3-2-12-24-15;1-9-7-4-2-3-6(8)5-7;1-2/h2-7,12,23H,8-11H2,1H3;2-5H,1H3;2H,1H3. The van der Waals surface area contributed by atoms with Gasteiger partial charge in [0.25, 0.3) is 0 Å². The van der Waals surface area contributed by atoms with Gasteiger partial charge in [-0.15, -0.1) is 23.1 Å². The number of hydrogen-bond acceptors (Lipinski definition) is 7. The van der Waals surface area contributed by atoms with E-state index in [-0.39, 0.29) is 11.4 Å². The third-order valence-electron chi connectivity index (χ3n) is 5.33. The molecular formula is C25H30F4N2O2S3. The number of aliphatic hydroxyl groups excluding tert-OH is 1. The van der Waals surface area contributed by atoms with E-state index in [1.807, 2.05) is 18.4 Å². The van der Waals surface area contributed by atoms with Crippen LogP contribution in [0.2, 0.25) is 0 Å². The summed E-state index contributed by atoms with van der Waals surface area (Å²) in [6.07, 6.45) is -2.77. The van der Waals surface area contributed by atoms with Gasteiger partial charge < -0.3 is 15.1 Å². The average Bonchev–Trinajstić information content (AvgIpc) is 3.39. The van der Waals surface area contributed by atoms with Gasteiger partial charge in [0.15, 0.2) is 5.60 Å². The summed E-state index contributed by atoms with van der Waals surface area (Å²) >= 11 is 5.00. The number of hydrogen-bond donors (Lipinski definition) is 2. The Labute approximate surface area is 222 Å². The van der Waals surface area contributed by atoms with Crippen molar-refractivity contribution in [3.8, 4) is 0 Å². The predicted octanol–water partition coefficient (Wildman–Crippen LogP) is 6.50. The normalized spacial score (nSPS) is 15.8. The Morgan fingerprint density at radius 1 is 0.917 bits per heavy atom. The maximum Gasteiger partial charge on any atom is 0.421 e. The minimum atomic E-state index is -4.70. The molecule has 0 bridgehead atoms. The topological polar surface area (TPSA) is 46.9 Å². The molecule has 0 radical (unpaired) electrons. The third kappa shape index (κ3) is 8.67. The van der Waals surface area contributed by atoms with Crippen molar-refractivity contribution in [3.63, 3.8) is 0 Å². The number of alkyl halides is 3. The van der Waals surface area contributed by atoms with E-state index in [9.17, 15) is 22.7 Å². The van der Waals surface area contributed by atoms with Gasteiger partial charge in [0.05, 0.1) is 4.21 Å². The summed E-state index contributed by atoms with van der Waals surface area (Å²) < 4.78 is 54.6. The highest BCUT2D eigenvalue weighted by molar-refractivity contribution is 7.99. The fourth-order valence-electron chi connectivity index (χ4n) is 3.23. The van der Waals surface area contributed by atoms with Crippen molar-refractivity contribution in [2.24, 2.45) is 0 Å². The number of rotatable bonds is 5. The second kappa shape index (κ2) is 14.3. The smallest absolute Gasteiger partial charge is 0.400 e. The Bertz CT molecular complexity index is 1020. The van der Waals surface area contributed by atoms with Gasteiger partial charge in [-0.3, -0.25) is 0 Å². The molecule has 1 atom stereocenters. The van der Waals surface area contributed by atoms with Crippen LogP contribution in [0.4, 0.5) is 23.2 Å². The Kier molecular flexibility index (Phi) is 12.1. The van der Waals surface area contributed by atoms with Gasteiger partial charge in [-0.1, -0.05) is 24.3 Å². The van der Waals surface area contributed by atoms with Crippen LogP contribution in [0, 0.1) is 5.82 Å². The zero-order valence-corrected chi connectivity index (χ0v) is 22.7. The second-order valence-electron chi connectivity index (χ2n) is 7.72. The minimum Gasteiger partial charge on any atom is -0.400 e. The van der Waals surface area contributed by atoms with Crippen LogP contribution < -0.4 is 4.90 Å². The van der Waals surface area contributed by atoms with Crippen molar-refractivity contribution in [2.45, 2.75) is 27.8 Å². The molecule has 0 aliphatic carbocycles. The van der Waals surface area contributed by atoms with E-state index < -0.39 is 11.8 Å². The summed E-state index contributed by atoms with van der Waals surface area (Å²) in [6, 6.07) is 16.7. The molecule has 11 heteroatoms. The largest absolute Gasteiger partial charge is 0.421 e. The van der Waals surface area contributed by atoms with Crippen LogP contribution in [0.3, 0.4) is 0 Å². The lowest BCUT2D eigenvalue weighted by Crippen LogP contribution is -2.43. The molecule has 0 spiro atoms. The van der Waals surface area contributed by atoms with E-state index in [4.69, 9.17) is 5.11 Å². The van der Waals surface area contributed by atoms with Gasteiger partial charge >= 0.3 is 6.18 Å². The summed E-state index contributed by atoms with van der Waals surface area (Å²) in [6.45, 7) is 4.17. The molecule has 3 aromatic rings. The Morgan fingerprint density at radius 3 is 2.03 bits per heavy atom. The first-order valence-corrected chi connectivity index (χ1v) is 13.8. The molecule has 1 fully saturated rings. The van der Waals surface area contributed by atoms with E-state index in [1.165, 1.54) is 28.5 Å². The Morgan fingerprint density at radius 2 is 1.56 bits per heavy atom. The number of anilines is 1. The fraction of sp³-hybridized carbons (Fsp3) is 0.360. The molecule has 1 aliphatic heterocycles. The van der Waals surface area contributed by atoms with E-state index in [2.05, 4.69) is 20.7 Å². The van der Waals surface area contributed by atoms with Crippen LogP contribution in [-0.2, 0) is 5.60 Å². The molecule has 4 nitrogen and oxygen atoms in total. The van der Waals surface area contributed by atoms with Gasteiger partial charge in [-0.25, -0.2) is 8.70 Å². The molecule has 2 aromatic carbocycles. The summed E-state index contributed by atoms with van der Waals surface area (Å²) in [5, 5.41) is 18.8. The summed E-state index contributed by atoms with van der Waals surface area (Å²) in [7, 11) is 1.00. The quantitative estimate of drug-likeness (QED) is 0.210. The third-order valence-corrected chi connectivity index (χ3v) is 8.17.